The van der Waals surface area contributed by atoms with Crippen molar-refractivity contribution in [2.24, 2.45) is 7.05 Å². The smallest absolute Gasteiger partial charge is 0.349 e. The normalized spacial score (nSPS) is 12.7. The van der Waals surface area contributed by atoms with Gasteiger partial charge in [-0.3, -0.25) is 0 Å². The molecule has 1 heterocycles. The number of fused-ring (bicyclic) bond motifs is 1. The van der Waals surface area contributed by atoms with Gasteiger partial charge in [0, 0.05) is 37.9 Å². The molecule has 1 aromatic heterocycles. The molecule has 0 fully saturated rings. The average Bonchev–Trinajstić information content (AvgIpc) is 3.18. The van der Waals surface area contributed by atoms with Crippen LogP contribution in [0.1, 0.15) is 17.2 Å². The van der Waals surface area contributed by atoms with Gasteiger partial charge in [0.2, 0.25) is 16.1 Å². The number of rotatable bonds is 8. The molecule has 34 heavy (non-hydrogen) atoms. The lowest BCUT2D eigenvalue weighted by molar-refractivity contribution is -0.145. The van der Waals surface area contributed by atoms with Gasteiger partial charge in [-0.15, -0.1) is 0 Å². The van der Waals surface area contributed by atoms with E-state index in [1.165, 1.54) is 19.2 Å². The predicted octanol–water partition coefficient (Wildman–Crippen LogP) is 4.34. The Morgan fingerprint density at radius 1 is 1.06 bits per heavy atom. The zero-order valence-corrected chi connectivity index (χ0v) is 19.4. The highest BCUT2D eigenvalue weighted by Gasteiger charge is 2.24. The fraction of sp³-hybridized carbons (Fsp3) is 0.160. The second-order valence-corrected chi connectivity index (χ2v) is 9.98. The number of aromatic nitrogens is 1. The maximum atomic E-state index is 13.1. The van der Waals surface area contributed by atoms with Crippen LogP contribution in [0.5, 0.6) is 5.75 Å². The van der Waals surface area contributed by atoms with E-state index in [1.54, 1.807) is 36.4 Å². The molecule has 0 aliphatic heterocycles. The van der Waals surface area contributed by atoms with Crippen LogP contribution in [0.3, 0.4) is 0 Å². The third kappa shape index (κ3) is 4.80. The van der Waals surface area contributed by atoms with Gasteiger partial charge in [-0.2, -0.15) is 4.31 Å². The van der Waals surface area contributed by atoms with E-state index in [0.717, 1.165) is 27.3 Å². The van der Waals surface area contributed by atoms with Gasteiger partial charge in [-0.1, -0.05) is 24.3 Å². The van der Waals surface area contributed by atoms with Gasteiger partial charge >= 0.3 is 5.97 Å². The van der Waals surface area contributed by atoms with Crippen LogP contribution in [0.2, 0.25) is 0 Å². The van der Waals surface area contributed by atoms with Crippen LogP contribution in [0.25, 0.3) is 10.9 Å². The topological polar surface area (TPSA) is 88.8 Å². The van der Waals surface area contributed by atoms with E-state index in [4.69, 9.17) is 4.74 Å². The van der Waals surface area contributed by atoms with E-state index in [2.05, 4.69) is 0 Å². The van der Waals surface area contributed by atoms with Gasteiger partial charge in [0.15, 0.2) is 0 Å². The van der Waals surface area contributed by atoms with Gasteiger partial charge in [0.05, 0.1) is 4.90 Å². The van der Waals surface area contributed by atoms with Crippen LogP contribution in [-0.2, 0) is 28.4 Å². The van der Waals surface area contributed by atoms with Crippen molar-refractivity contribution >= 4 is 26.9 Å². The molecule has 0 radical (unpaired) electrons. The Balaban J connectivity index is 1.49. The number of sulfonamides is 1. The molecule has 1 unspecified atom stereocenters. The lowest BCUT2D eigenvalue weighted by Crippen LogP contribution is -2.26. The van der Waals surface area contributed by atoms with Gasteiger partial charge in [0.1, 0.15) is 11.6 Å². The van der Waals surface area contributed by atoms with E-state index in [1.807, 2.05) is 29.9 Å². The molecular weight excluding hydrogens is 459 g/mol. The highest BCUT2D eigenvalue weighted by Crippen LogP contribution is 2.27. The summed E-state index contributed by atoms with van der Waals surface area (Å²) >= 11 is 0. The molecule has 7 nitrogen and oxygen atoms in total. The molecule has 0 saturated carbocycles. The maximum Gasteiger partial charge on any atom is 0.349 e. The molecular formula is C25H23FN2O5S. The molecule has 0 amide bonds. The molecule has 0 bridgehead atoms. The predicted molar refractivity (Wildman–Crippen MR) is 125 cm³/mol. The molecule has 1 atom stereocenters. The molecule has 1 N–H and O–H groups in total. The van der Waals surface area contributed by atoms with Gasteiger partial charge < -0.3 is 14.4 Å². The fourth-order valence-corrected chi connectivity index (χ4v) is 4.80. The zero-order chi connectivity index (χ0) is 24.5. The molecule has 0 aliphatic carbocycles. The Kier molecular flexibility index (Phi) is 6.41. The number of aliphatic carboxylic acids is 1. The quantitative estimate of drug-likeness (QED) is 0.404. The summed E-state index contributed by atoms with van der Waals surface area (Å²) in [6.07, 6.45) is 0.698. The molecule has 176 valence electrons. The number of halogens is 1. The summed E-state index contributed by atoms with van der Waals surface area (Å²) in [5.74, 6) is -1.30. The summed E-state index contributed by atoms with van der Waals surface area (Å²) in [6.45, 7) is 0.0759. The lowest BCUT2D eigenvalue weighted by atomic mass is 10.1. The second kappa shape index (κ2) is 9.28. The number of ether oxygens (including phenoxy) is 1. The van der Waals surface area contributed by atoms with Crippen molar-refractivity contribution in [1.82, 2.24) is 8.87 Å². The first-order chi connectivity index (χ1) is 16.1. The first kappa shape index (κ1) is 23.5. The average molecular weight is 483 g/mol. The van der Waals surface area contributed by atoms with Crippen LogP contribution in [0, 0.1) is 5.82 Å². The highest BCUT2D eigenvalue weighted by molar-refractivity contribution is 7.89. The Labute approximate surface area is 196 Å². The van der Waals surface area contributed by atoms with Gasteiger partial charge in [-0.05, 0) is 59.5 Å². The van der Waals surface area contributed by atoms with Crippen molar-refractivity contribution in [2.45, 2.75) is 17.5 Å². The van der Waals surface area contributed by atoms with Crippen LogP contribution >= 0.6 is 0 Å². The third-order valence-electron chi connectivity index (χ3n) is 5.54. The summed E-state index contributed by atoms with van der Waals surface area (Å²) in [4.78, 5) is 11.9. The minimum Gasteiger partial charge on any atom is -0.478 e. The number of benzene rings is 3. The standard InChI is InChI=1S/C25H23FN2O5S/c1-27-14-13-18-5-6-19(15-23(18)27)24(25(29)30)33-21-9-3-17(4-10-21)16-28(2)34(31,32)22-11-7-20(26)8-12-22/h3-15,24H,16H2,1-2H3,(H,29,30). The van der Waals surface area contributed by atoms with Crippen molar-refractivity contribution in [3.8, 4) is 5.75 Å². The monoisotopic (exact) mass is 482 g/mol. The SMILES string of the molecule is CN(Cc1ccc(OC(C(=O)O)c2ccc3ccn(C)c3c2)cc1)S(=O)(=O)c1ccc(F)cc1. The summed E-state index contributed by atoms with van der Waals surface area (Å²) in [6, 6.07) is 18.5. The van der Waals surface area contributed by atoms with E-state index < -0.39 is 27.9 Å². The van der Waals surface area contributed by atoms with Gasteiger partial charge in [0.25, 0.3) is 0 Å². The third-order valence-corrected chi connectivity index (χ3v) is 7.36. The largest absolute Gasteiger partial charge is 0.478 e. The van der Waals surface area contributed by atoms with Crippen LogP contribution < -0.4 is 4.74 Å². The first-order valence-electron chi connectivity index (χ1n) is 10.4. The highest BCUT2D eigenvalue weighted by atomic mass is 32.2. The van der Waals surface area contributed by atoms with Crippen LogP contribution in [-0.4, -0.2) is 35.4 Å². The number of carbonyl (C=O) groups is 1. The van der Waals surface area contributed by atoms with Crippen LogP contribution in [0.15, 0.2) is 83.9 Å². The summed E-state index contributed by atoms with van der Waals surface area (Å²) in [5, 5.41) is 10.7. The summed E-state index contributed by atoms with van der Waals surface area (Å²) < 4.78 is 47.3. The molecule has 3 aromatic carbocycles. The Morgan fingerprint density at radius 3 is 2.38 bits per heavy atom. The minimum absolute atomic E-state index is 0.00385. The van der Waals surface area contributed by atoms with Crippen molar-refractivity contribution in [2.75, 3.05) is 7.05 Å². The summed E-state index contributed by atoms with van der Waals surface area (Å²) in [7, 11) is -0.474. The van der Waals surface area contributed by atoms with Crippen molar-refractivity contribution in [1.29, 1.82) is 0 Å². The van der Waals surface area contributed by atoms with Crippen molar-refractivity contribution in [3.05, 3.63) is 95.9 Å². The summed E-state index contributed by atoms with van der Waals surface area (Å²) in [5.41, 5.74) is 2.08. The molecule has 9 heteroatoms. The Bertz CT molecular complexity index is 1430. The number of hydrogen-bond donors (Lipinski definition) is 1. The number of nitrogens with zero attached hydrogens (tertiary/aromatic N) is 2. The Hall–Kier alpha value is -3.69. The fourth-order valence-electron chi connectivity index (χ4n) is 3.64. The number of aryl methyl sites for hydroxylation is 1. The number of carboxylic acid groups (broad SMARTS) is 1. The van der Waals surface area contributed by atoms with Crippen LogP contribution in [0.4, 0.5) is 4.39 Å². The van der Waals surface area contributed by atoms with E-state index in [-0.39, 0.29) is 11.4 Å². The molecule has 4 rings (SSSR count). The van der Waals surface area contributed by atoms with E-state index >= 15 is 0 Å². The minimum atomic E-state index is -3.79. The van der Waals surface area contributed by atoms with Crippen molar-refractivity contribution in [3.63, 3.8) is 0 Å². The van der Waals surface area contributed by atoms with E-state index in [0.29, 0.717) is 16.9 Å². The zero-order valence-electron chi connectivity index (χ0n) is 18.6. The lowest BCUT2D eigenvalue weighted by Gasteiger charge is -2.18. The first-order valence-corrected chi connectivity index (χ1v) is 11.8. The molecule has 4 aromatic rings. The van der Waals surface area contributed by atoms with E-state index in [9.17, 15) is 22.7 Å². The van der Waals surface area contributed by atoms with Gasteiger partial charge in [-0.25, -0.2) is 17.6 Å². The number of hydrogen-bond acceptors (Lipinski definition) is 4. The molecule has 0 aliphatic rings. The number of carboxylic acids is 1. The molecule has 0 spiro atoms. The Morgan fingerprint density at radius 2 is 1.74 bits per heavy atom. The van der Waals surface area contributed by atoms with Crippen molar-refractivity contribution < 1.29 is 27.4 Å². The second-order valence-electron chi connectivity index (χ2n) is 7.94. The molecule has 0 saturated heterocycles. The maximum absolute atomic E-state index is 13.1.